The van der Waals surface area contributed by atoms with E-state index in [1.807, 2.05) is 6.07 Å². The molecule has 0 saturated heterocycles. The Kier molecular flexibility index (Phi) is 5.04. The van der Waals surface area contributed by atoms with Crippen LogP contribution in [-0.2, 0) is 6.54 Å². The van der Waals surface area contributed by atoms with Crippen LogP contribution in [0.4, 0.5) is 10.2 Å². The number of rotatable bonds is 5. The molecule has 3 rings (SSSR count). The van der Waals surface area contributed by atoms with Crippen molar-refractivity contribution in [3.63, 3.8) is 0 Å². The van der Waals surface area contributed by atoms with Crippen molar-refractivity contribution in [2.24, 2.45) is 0 Å². The van der Waals surface area contributed by atoms with Crippen LogP contribution in [0.15, 0.2) is 72.9 Å². The third-order valence-electron chi connectivity index (χ3n) is 3.74. The van der Waals surface area contributed by atoms with Gasteiger partial charge in [0.15, 0.2) is 0 Å². The van der Waals surface area contributed by atoms with Gasteiger partial charge in [0.05, 0.1) is 13.7 Å². The summed E-state index contributed by atoms with van der Waals surface area (Å²) in [6.45, 7) is 0.222. The fraction of sp³-hybridized carbons (Fsp3) is 0.100. The summed E-state index contributed by atoms with van der Waals surface area (Å²) in [6.07, 6.45) is 1.62. The Morgan fingerprint density at radius 2 is 1.88 bits per heavy atom. The molecule has 0 atom stereocenters. The monoisotopic (exact) mass is 336 g/mol. The van der Waals surface area contributed by atoms with Crippen LogP contribution >= 0.6 is 0 Å². The fourth-order valence-corrected chi connectivity index (χ4v) is 2.48. The highest BCUT2D eigenvalue weighted by molar-refractivity contribution is 6.05. The van der Waals surface area contributed by atoms with Crippen LogP contribution in [0, 0.1) is 5.82 Å². The molecular weight excluding hydrogens is 319 g/mol. The van der Waals surface area contributed by atoms with Crippen molar-refractivity contribution in [2.45, 2.75) is 6.54 Å². The topological polar surface area (TPSA) is 42.4 Å². The van der Waals surface area contributed by atoms with E-state index in [0.717, 1.165) is 0 Å². The minimum Gasteiger partial charge on any atom is -0.497 e. The van der Waals surface area contributed by atoms with E-state index < -0.39 is 0 Å². The number of carbonyl (C=O) groups is 1. The first-order chi connectivity index (χ1) is 12.2. The smallest absolute Gasteiger partial charge is 0.259 e. The van der Waals surface area contributed by atoms with Gasteiger partial charge in [-0.15, -0.1) is 0 Å². The molecule has 1 aromatic heterocycles. The van der Waals surface area contributed by atoms with Crippen LogP contribution in [0.2, 0.25) is 0 Å². The maximum atomic E-state index is 13.5. The molecule has 1 heterocycles. The van der Waals surface area contributed by atoms with Crippen molar-refractivity contribution in [3.05, 3.63) is 89.9 Å². The number of carbonyl (C=O) groups excluding carboxylic acids is 1. The normalized spacial score (nSPS) is 10.3. The summed E-state index contributed by atoms with van der Waals surface area (Å²) < 4.78 is 18.6. The predicted molar refractivity (Wildman–Crippen MR) is 94.1 cm³/mol. The maximum Gasteiger partial charge on any atom is 0.259 e. The second-order valence-electron chi connectivity index (χ2n) is 5.44. The zero-order chi connectivity index (χ0) is 17.6. The van der Waals surface area contributed by atoms with E-state index in [2.05, 4.69) is 4.98 Å². The third kappa shape index (κ3) is 4.01. The van der Waals surface area contributed by atoms with Crippen LogP contribution in [0.5, 0.6) is 5.75 Å². The zero-order valence-electron chi connectivity index (χ0n) is 13.7. The summed E-state index contributed by atoms with van der Waals surface area (Å²) in [5.74, 6) is 0.625. The lowest BCUT2D eigenvalue weighted by atomic mass is 10.1. The van der Waals surface area contributed by atoms with Gasteiger partial charge in [-0.1, -0.05) is 18.2 Å². The van der Waals surface area contributed by atoms with Crippen LogP contribution < -0.4 is 9.64 Å². The number of hydrogen-bond donors (Lipinski definition) is 0. The summed E-state index contributed by atoms with van der Waals surface area (Å²) in [7, 11) is 1.57. The lowest BCUT2D eigenvalue weighted by Crippen LogP contribution is -2.31. The molecule has 2 aromatic carbocycles. The molecule has 0 unspecified atom stereocenters. The van der Waals surface area contributed by atoms with Gasteiger partial charge in [0.1, 0.15) is 17.4 Å². The Morgan fingerprint density at radius 3 is 2.52 bits per heavy atom. The van der Waals surface area contributed by atoms with E-state index in [4.69, 9.17) is 4.74 Å². The first-order valence-corrected chi connectivity index (χ1v) is 7.79. The number of methoxy groups -OCH3 is 1. The molecule has 0 saturated carbocycles. The maximum absolute atomic E-state index is 13.5. The van der Waals surface area contributed by atoms with Crippen molar-refractivity contribution in [1.29, 1.82) is 0 Å². The fourth-order valence-electron chi connectivity index (χ4n) is 2.48. The van der Waals surface area contributed by atoms with E-state index in [0.29, 0.717) is 22.7 Å². The van der Waals surface area contributed by atoms with Crippen LogP contribution in [0.3, 0.4) is 0 Å². The molecular formula is C20H17FN2O2. The zero-order valence-corrected chi connectivity index (χ0v) is 13.7. The van der Waals surface area contributed by atoms with Gasteiger partial charge in [-0.3, -0.25) is 9.69 Å². The van der Waals surface area contributed by atoms with Crippen molar-refractivity contribution < 1.29 is 13.9 Å². The minimum atomic E-state index is -0.338. The molecule has 3 aromatic rings. The lowest BCUT2D eigenvalue weighted by molar-refractivity contribution is 0.0984. The quantitative estimate of drug-likeness (QED) is 0.705. The molecule has 0 N–H and O–H groups in total. The van der Waals surface area contributed by atoms with Gasteiger partial charge < -0.3 is 4.74 Å². The summed E-state index contributed by atoms with van der Waals surface area (Å²) in [5.41, 5.74) is 1.19. The molecule has 0 spiro atoms. The standard InChI is InChI=1S/C20H17FN2O2/c1-25-18-10-8-16(9-11-18)20(24)23(19-7-2-3-12-22-19)14-15-5-4-6-17(21)13-15/h2-13H,14H2,1H3. The van der Waals surface area contributed by atoms with Crippen molar-refractivity contribution >= 4 is 11.7 Å². The summed E-state index contributed by atoms with van der Waals surface area (Å²) in [5, 5.41) is 0. The Morgan fingerprint density at radius 1 is 1.08 bits per heavy atom. The Balaban J connectivity index is 1.94. The highest BCUT2D eigenvalue weighted by atomic mass is 19.1. The first kappa shape index (κ1) is 16.6. The van der Waals surface area contributed by atoms with Gasteiger partial charge in [0.2, 0.25) is 0 Å². The van der Waals surface area contributed by atoms with Crippen molar-refractivity contribution in [3.8, 4) is 5.75 Å². The minimum absolute atomic E-state index is 0.217. The van der Waals surface area contributed by atoms with Gasteiger partial charge in [-0.05, 0) is 54.1 Å². The molecule has 126 valence electrons. The number of benzene rings is 2. The lowest BCUT2D eigenvalue weighted by Gasteiger charge is -2.22. The molecule has 0 bridgehead atoms. The number of ether oxygens (including phenoxy) is 1. The van der Waals surface area contributed by atoms with E-state index in [-0.39, 0.29) is 18.3 Å². The summed E-state index contributed by atoms with van der Waals surface area (Å²) in [6, 6.07) is 18.4. The number of anilines is 1. The second-order valence-corrected chi connectivity index (χ2v) is 5.44. The van der Waals surface area contributed by atoms with Crippen LogP contribution in [-0.4, -0.2) is 18.0 Å². The predicted octanol–water partition coefficient (Wildman–Crippen LogP) is 4.08. The molecule has 0 aliphatic heterocycles. The van der Waals surface area contributed by atoms with Gasteiger partial charge in [-0.25, -0.2) is 9.37 Å². The first-order valence-electron chi connectivity index (χ1n) is 7.79. The van der Waals surface area contributed by atoms with Gasteiger partial charge in [0.25, 0.3) is 5.91 Å². The van der Waals surface area contributed by atoms with Crippen molar-refractivity contribution in [2.75, 3.05) is 12.0 Å². The Bertz CT molecular complexity index is 851. The van der Waals surface area contributed by atoms with Gasteiger partial charge in [-0.2, -0.15) is 0 Å². The molecule has 4 nitrogen and oxygen atoms in total. The van der Waals surface area contributed by atoms with Gasteiger partial charge in [0, 0.05) is 11.8 Å². The SMILES string of the molecule is COc1ccc(C(=O)N(Cc2cccc(F)c2)c2ccccn2)cc1. The van der Waals surface area contributed by atoms with E-state index in [1.54, 1.807) is 61.8 Å². The largest absolute Gasteiger partial charge is 0.497 e. The second kappa shape index (κ2) is 7.57. The van der Waals surface area contributed by atoms with Crippen LogP contribution in [0.25, 0.3) is 0 Å². The summed E-state index contributed by atoms with van der Waals surface area (Å²) in [4.78, 5) is 18.8. The number of hydrogen-bond acceptors (Lipinski definition) is 3. The molecule has 1 amide bonds. The average molecular weight is 336 g/mol. The number of halogens is 1. The third-order valence-corrected chi connectivity index (χ3v) is 3.74. The number of amides is 1. The number of aromatic nitrogens is 1. The highest BCUT2D eigenvalue weighted by Crippen LogP contribution is 2.20. The Labute approximate surface area is 145 Å². The van der Waals surface area contributed by atoms with Crippen molar-refractivity contribution in [1.82, 2.24) is 4.98 Å². The van der Waals surface area contributed by atoms with E-state index in [1.165, 1.54) is 17.0 Å². The van der Waals surface area contributed by atoms with Crippen LogP contribution in [0.1, 0.15) is 15.9 Å². The number of nitrogens with zero attached hydrogens (tertiary/aromatic N) is 2. The molecule has 5 heteroatoms. The summed E-state index contributed by atoms with van der Waals surface area (Å²) >= 11 is 0. The van der Waals surface area contributed by atoms with Gasteiger partial charge >= 0.3 is 0 Å². The molecule has 0 fully saturated rings. The highest BCUT2D eigenvalue weighted by Gasteiger charge is 2.19. The Hall–Kier alpha value is -3.21. The van der Waals surface area contributed by atoms with E-state index in [9.17, 15) is 9.18 Å². The molecule has 0 aliphatic carbocycles. The molecule has 0 aliphatic rings. The number of pyridine rings is 1. The average Bonchev–Trinajstić information content (AvgIpc) is 2.66. The molecule has 0 radical (unpaired) electrons. The van der Waals surface area contributed by atoms with E-state index >= 15 is 0 Å². The molecule has 25 heavy (non-hydrogen) atoms.